The highest BCUT2D eigenvalue weighted by atomic mass is 15.2. The number of aromatic nitrogens is 1. The minimum Gasteiger partial charge on any atom is -0.352 e. The highest BCUT2D eigenvalue weighted by Crippen LogP contribution is 2.18. The number of rotatable bonds is 4. The summed E-state index contributed by atoms with van der Waals surface area (Å²) in [7, 11) is 0. The average Bonchev–Trinajstić information content (AvgIpc) is 2.81. The predicted octanol–water partition coefficient (Wildman–Crippen LogP) is 1.97. The van der Waals surface area contributed by atoms with Crippen LogP contribution in [0.15, 0.2) is 18.3 Å². The van der Waals surface area contributed by atoms with Crippen molar-refractivity contribution >= 4 is 5.82 Å². The molecule has 2 heterocycles. The van der Waals surface area contributed by atoms with Gasteiger partial charge in [0.25, 0.3) is 0 Å². The Bertz CT molecular complexity index is 314. The minimum atomic E-state index is 0.621. The topological polar surface area (TPSA) is 28.2 Å². The van der Waals surface area contributed by atoms with Gasteiger partial charge in [0.15, 0.2) is 0 Å². The molecule has 2 rings (SSSR count). The zero-order chi connectivity index (χ0) is 11.4. The molecule has 1 unspecified atom stereocenters. The number of anilines is 1. The van der Waals surface area contributed by atoms with Crippen molar-refractivity contribution in [3.05, 3.63) is 23.9 Å². The Morgan fingerprint density at radius 2 is 2.38 bits per heavy atom. The summed E-state index contributed by atoms with van der Waals surface area (Å²) in [6.45, 7) is 7.64. The second kappa shape index (κ2) is 5.30. The fourth-order valence-corrected chi connectivity index (χ4v) is 2.26. The van der Waals surface area contributed by atoms with Crippen LogP contribution in [-0.4, -0.2) is 30.7 Å². The van der Waals surface area contributed by atoms with Gasteiger partial charge in [0, 0.05) is 25.3 Å². The average molecular weight is 219 g/mol. The Labute approximate surface area is 97.9 Å². The Balaban J connectivity index is 2.14. The monoisotopic (exact) mass is 219 g/mol. The van der Waals surface area contributed by atoms with Gasteiger partial charge in [-0.2, -0.15) is 0 Å². The number of aryl methyl sites for hydroxylation is 1. The summed E-state index contributed by atoms with van der Waals surface area (Å²) in [5.41, 5.74) is 1.23. The van der Waals surface area contributed by atoms with E-state index in [1.807, 2.05) is 6.20 Å². The zero-order valence-corrected chi connectivity index (χ0v) is 10.2. The van der Waals surface area contributed by atoms with Crippen LogP contribution in [-0.2, 0) is 0 Å². The van der Waals surface area contributed by atoms with Crippen LogP contribution >= 0.6 is 0 Å². The van der Waals surface area contributed by atoms with Gasteiger partial charge < -0.3 is 10.2 Å². The Morgan fingerprint density at radius 1 is 1.50 bits per heavy atom. The molecule has 1 fully saturated rings. The van der Waals surface area contributed by atoms with E-state index < -0.39 is 0 Å². The predicted molar refractivity (Wildman–Crippen MR) is 67.9 cm³/mol. The quantitative estimate of drug-likeness (QED) is 0.839. The summed E-state index contributed by atoms with van der Waals surface area (Å²) in [4.78, 5) is 6.98. The molecule has 1 aromatic rings. The maximum absolute atomic E-state index is 4.54. The number of pyridine rings is 1. The first-order chi connectivity index (χ1) is 7.81. The second-order valence-electron chi connectivity index (χ2n) is 4.53. The van der Waals surface area contributed by atoms with Crippen LogP contribution in [0.4, 0.5) is 5.82 Å². The molecular weight excluding hydrogens is 198 g/mol. The van der Waals surface area contributed by atoms with Crippen molar-refractivity contribution in [1.29, 1.82) is 0 Å². The van der Waals surface area contributed by atoms with Crippen molar-refractivity contribution in [2.24, 2.45) is 0 Å². The molecule has 1 saturated heterocycles. The van der Waals surface area contributed by atoms with E-state index in [-0.39, 0.29) is 0 Å². The van der Waals surface area contributed by atoms with Crippen molar-refractivity contribution in [3.63, 3.8) is 0 Å². The molecule has 1 aromatic heterocycles. The summed E-state index contributed by atoms with van der Waals surface area (Å²) in [5, 5.41) is 3.42. The molecule has 0 bridgehead atoms. The second-order valence-corrected chi connectivity index (χ2v) is 4.53. The first kappa shape index (κ1) is 11.4. The fourth-order valence-electron chi connectivity index (χ4n) is 2.26. The molecule has 0 amide bonds. The summed E-state index contributed by atoms with van der Waals surface area (Å²) in [6, 6.07) is 4.91. The summed E-state index contributed by atoms with van der Waals surface area (Å²) >= 11 is 0. The summed E-state index contributed by atoms with van der Waals surface area (Å²) < 4.78 is 0. The van der Waals surface area contributed by atoms with Gasteiger partial charge in [0.2, 0.25) is 0 Å². The molecule has 0 radical (unpaired) electrons. The highest BCUT2D eigenvalue weighted by Gasteiger charge is 2.22. The minimum absolute atomic E-state index is 0.621. The van der Waals surface area contributed by atoms with E-state index in [2.05, 4.69) is 41.2 Å². The molecular formula is C13H21N3. The van der Waals surface area contributed by atoms with Crippen molar-refractivity contribution in [2.45, 2.75) is 32.7 Å². The van der Waals surface area contributed by atoms with E-state index in [1.165, 1.54) is 18.4 Å². The van der Waals surface area contributed by atoms with Crippen LogP contribution in [0.25, 0.3) is 0 Å². The van der Waals surface area contributed by atoms with Crippen molar-refractivity contribution in [1.82, 2.24) is 10.3 Å². The molecule has 0 spiro atoms. The van der Waals surface area contributed by atoms with Gasteiger partial charge in [-0.1, -0.05) is 13.0 Å². The number of hydrogen-bond donors (Lipinski definition) is 1. The van der Waals surface area contributed by atoms with E-state index in [4.69, 9.17) is 0 Å². The smallest absolute Gasteiger partial charge is 0.128 e. The van der Waals surface area contributed by atoms with E-state index in [9.17, 15) is 0 Å². The van der Waals surface area contributed by atoms with E-state index in [0.717, 1.165) is 25.5 Å². The van der Waals surface area contributed by atoms with Crippen LogP contribution in [0, 0.1) is 6.92 Å². The first-order valence-corrected chi connectivity index (χ1v) is 6.21. The van der Waals surface area contributed by atoms with Gasteiger partial charge in [-0.15, -0.1) is 0 Å². The summed E-state index contributed by atoms with van der Waals surface area (Å²) in [6.07, 6.45) is 4.36. The largest absolute Gasteiger partial charge is 0.352 e. The standard InChI is InChI=1S/C13H21N3/c1-3-8-16(12-6-7-14-10-12)13-5-4-11(2)9-15-13/h4-5,9,12,14H,3,6-8,10H2,1-2H3. The zero-order valence-electron chi connectivity index (χ0n) is 10.2. The molecule has 0 saturated carbocycles. The van der Waals surface area contributed by atoms with E-state index in [0.29, 0.717) is 6.04 Å². The van der Waals surface area contributed by atoms with Gasteiger partial charge in [-0.3, -0.25) is 0 Å². The third-order valence-corrected chi connectivity index (χ3v) is 3.13. The fraction of sp³-hybridized carbons (Fsp3) is 0.615. The molecule has 0 aromatic carbocycles. The maximum atomic E-state index is 4.54. The molecule has 16 heavy (non-hydrogen) atoms. The Morgan fingerprint density at radius 3 is 2.94 bits per heavy atom. The lowest BCUT2D eigenvalue weighted by molar-refractivity contribution is 0.618. The van der Waals surface area contributed by atoms with Crippen LogP contribution in [0.1, 0.15) is 25.3 Å². The molecule has 1 aliphatic heterocycles. The van der Waals surface area contributed by atoms with Gasteiger partial charge in [0.1, 0.15) is 5.82 Å². The lowest BCUT2D eigenvalue weighted by Crippen LogP contribution is -2.38. The lowest BCUT2D eigenvalue weighted by Gasteiger charge is -2.29. The highest BCUT2D eigenvalue weighted by molar-refractivity contribution is 5.40. The first-order valence-electron chi connectivity index (χ1n) is 6.21. The molecule has 1 N–H and O–H groups in total. The lowest BCUT2D eigenvalue weighted by atomic mass is 10.2. The molecule has 3 nitrogen and oxygen atoms in total. The SMILES string of the molecule is CCCN(c1ccc(C)cn1)C1CCNC1. The van der Waals surface area contributed by atoms with Gasteiger partial charge in [-0.05, 0) is 37.9 Å². The van der Waals surface area contributed by atoms with Crippen LogP contribution in [0.5, 0.6) is 0 Å². The normalized spacial score (nSPS) is 20.0. The molecule has 88 valence electrons. The van der Waals surface area contributed by atoms with Gasteiger partial charge >= 0.3 is 0 Å². The van der Waals surface area contributed by atoms with Gasteiger partial charge in [0.05, 0.1) is 0 Å². The number of nitrogens with zero attached hydrogens (tertiary/aromatic N) is 2. The Kier molecular flexibility index (Phi) is 3.78. The molecule has 1 atom stereocenters. The van der Waals surface area contributed by atoms with E-state index >= 15 is 0 Å². The van der Waals surface area contributed by atoms with Crippen molar-refractivity contribution in [2.75, 3.05) is 24.5 Å². The van der Waals surface area contributed by atoms with Crippen molar-refractivity contribution < 1.29 is 0 Å². The maximum Gasteiger partial charge on any atom is 0.128 e. The number of hydrogen-bond acceptors (Lipinski definition) is 3. The molecule has 0 aliphatic carbocycles. The van der Waals surface area contributed by atoms with E-state index in [1.54, 1.807) is 0 Å². The van der Waals surface area contributed by atoms with Crippen molar-refractivity contribution in [3.8, 4) is 0 Å². The third-order valence-electron chi connectivity index (χ3n) is 3.13. The van der Waals surface area contributed by atoms with Crippen LogP contribution < -0.4 is 10.2 Å². The molecule has 3 heteroatoms. The van der Waals surface area contributed by atoms with Crippen LogP contribution in [0.3, 0.4) is 0 Å². The van der Waals surface area contributed by atoms with Gasteiger partial charge in [-0.25, -0.2) is 4.98 Å². The third kappa shape index (κ3) is 2.53. The number of nitrogens with one attached hydrogen (secondary N) is 1. The van der Waals surface area contributed by atoms with Crippen LogP contribution in [0.2, 0.25) is 0 Å². The Hall–Kier alpha value is -1.09. The summed E-state index contributed by atoms with van der Waals surface area (Å²) in [5.74, 6) is 1.13. The molecule has 1 aliphatic rings.